The Balaban J connectivity index is 0.000000160. The summed E-state index contributed by atoms with van der Waals surface area (Å²) in [4.78, 5) is 6.24. The maximum absolute atomic E-state index is 12.1. The maximum atomic E-state index is 12.1. The van der Waals surface area contributed by atoms with E-state index < -0.39 is 6.43 Å². The smallest absolute Gasteiger partial charge is 0.269 e. The highest BCUT2D eigenvalue weighted by molar-refractivity contribution is 5.26. The van der Waals surface area contributed by atoms with E-state index in [-0.39, 0.29) is 11.4 Å². The van der Waals surface area contributed by atoms with Crippen LogP contribution in [0.4, 0.5) is 8.78 Å². The van der Waals surface area contributed by atoms with Gasteiger partial charge in [-0.25, -0.2) is 13.8 Å². The van der Waals surface area contributed by atoms with Crippen LogP contribution < -0.4 is 4.74 Å². The summed E-state index contributed by atoms with van der Waals surface area (Å²) in [6, 6.07) is 2.74. The predicted octanol–water partition coefficient (Wildman–Crippen LogP) is 3.29. The van der Waals surface area contributed by atoms with E-state index in [1.807, 2.05) is 7.11 Å². The molecule has 0 saturated carbocycles. The molecule has 1 aromatic heterocycles. The third-order valence-electron chi connectivity index (χ3n) is 4.45. The quantitative estimate of drug-likeness (QED) is 0.854. The molecule has 2 fully saturated rings. The van der Waals surface area contributed by atoms with Crippen LogP contribution in [0.25, 0.3) is 0 Å². The highest BCUT2D eigenvalue weighted by Gasteiger charge is 2.43. The summed E-state index contributed by atoms with van der Waals surface area (Å²) in [6.07, 6.45) is 4.36. The Labute approximate surface area is 130 Å². The van der Waals surface area contributed by atoms with Gasteiger partial charge in [0.1, 0.15) is 0 Å². The standard InChI is InChI=1S/C9H17NO.C7H7F2NO/c1-11-8-9-4-2-6-10(9)7-3-5-9;1-11-7-5(6(8)9)3-2-4-10-7/h2-8H2,1H3;2-4,6H,1H3. The molecule has 4 nitrogen and oxygen atoms in total. The molecule has 0 aromatic carbocycles. The van der Waals surface area contributed by atoms with Crippen molar-refractivity contribution in [2.24, 2.45) is 0 Å². The minimum atomic E-state index is -2.53. The minimum Gasteiger partial charge on any atom is -0.481 e. The second-order valence-corrected chi connectivity index (χ2v) is 5.75. The van der Waals surface area contributed by atoms with Crippen molar-refractivity contribution in [2.75, 3.05) is 33.9 Å². The Hall–Kier alpha value is -1.27. The second-order valence-electron chi connectivity index (χ2n) is 5.75. The van der Waals surface area contributed by atoms with Crippen molar-refractivity contribution in [1.29, 1.82) is 0 Å². The number of pyridine rings is 1. The number of ether oxygens (including phenoxy) is 2. The van der Waals surface area contributed by atoms with Crippen molar-refractivity contribution in [2.45, 2.75) is 37.6 Å². The van der Waals surface area contributed by atoms with E-state index in [2.05, 4.69) is 14.6 Å². The van der Waals surface area contributed by atoms with Crippen LogP contribution in [-0.4, -0.2) is 49.3 Å². The fourth-order valence-corrected chi connectivity index (χ4v) is 3.47. The molecule has 22 heavy (non-hydrogen) atoms. The van der Waals surface area contributed by atoms with Gasteiger partial charge in [0.15, 0.2) is 0 Å². The summed E-state index contributed by atoms with van der Waals surface area (Å²) in [5.74, 6) is -0.0116. The third kappa shape index (κ3) is 3.73. The highest BCUT2D eigenvalue weighted by atomic mass is 19.3. The number of halogens is 2. The highest BCUT2D eigenvalue weighted by Crippen LogP contribution is 2.38. The maximum Gasteiger partial charge on any atom is 0.269 e. The van der Waals surface area contributed by atoms with Crippen molar-refractivity contribution >= 4 is 0 Å². The topological polar surface area (TPSA) is 34.6 Å². The first kappa shape index (κ1) is 17.1. The Morgan fingerprint density at radius 3 is 2.45 bits per heavy atom. The summed E-state index contributed by atoms with van der Waals surface area (Å²) >= 11 is 0. The monoisotopic (exact) mass is 314 g/mol. The summed E-state index contributed by atoms with van der Waals surface area (Å²) in [5.41, 5.74) is 0.296. The average molecular weight is 314 g/mol. The van der Waals surface area contributed by atoms with Gasteiger partial charge in [-0.2, -0.15) is 0 Å². The third-order valence-corrected chi connectivity index (χ3v) is 4.45. The van der Waals surface area contributed by atoms with E-state index >= 15 is 0 Å². The molecule has 0 spiro atoms. The SMILES string of the molecule is COCC12CCCN1CCC2.COc1ncccc1C(F)F. The normalized spacial score (nSPS) is 19.7. The zero-order valence-electron chi connectivity index (χ0n) is 13.2. The van der Waals surface area contributed by atoms with E-state index in [4.69, 9.17) is 4.74 Å². The van der Waals surface area contributed by atoms with Gasteiger partial charge in [0.25, 0.3) is 6.43 Å². The van der Waals surface area contributed by atoms with Crippen LogP contribution >= 0.6 is 0 Å². The van der Waals surface area contributed by atoms with Crippen LogP contribution in [-0.2, 0) is 4.74 Å². The van der Waals surface area contributed by atoms with E-state index in [1.54, 1.807) is 0 Å². The van der Waals surface area contributed by atoms with Gasteiger partial charge < -0.3 is 9.47 Å². The lowest BCUT2D eigenvalue weighted by atomic mass is 9.95. The molecule has 0 atom stereocenters. The van der Waals surface area contributed by atoms with Gasteiger partial charge in [0.05, 0.1) is 19.3 Å². The van der Waals surface area contributed by atoms with Crippen molar-refractivity contribution in [3.05, 3.63) is 23.9 Å². The minimum absolute atomic E-state index is 0.0116. The molecule has 6 heteroatoms. The Morgan fingerprint density at radius 2 is 1.95 bits per heavy atom. The van der Waals surface area contributed by atoms with Crippen LogP contribution in [0, 0.1) is 0 Å². The number of nitrogens with zero attached hydrogens (tertiary/aromatic N) is 2. The molecule has 0 N–H and O–H groups in total. The van der Waals surface area contributed by atoms with E-state index in [1.165, 1.54) is 64.2 Å². The summed E-state index contributed by atoms with van der Waals surface area (Å²) in [5, 5.41) is 0. The molecule has 1 aromatic rings. The van der Waals surface area contributed by atoms with Crippen LogP contribution in [0.1, 0.15) is 37.7 Å². The van der Waals surface area contributed by atoms with Crippen molar-refractivity contribution < 1.29 is 18.3 Å². The fourth-order valence-electron chi connectivity index (χ4n) is 3.47. The predicted molar refractivity (Wildman–Crippen MR) is 80.4 cm³/mol. The van der Waals surface area contributed by atoms with Gasteiger partial charge in [0, 0.05) is 18.8 Å². The zero-order valence-corrected chi connectivity index (χ0v) is 13.2. The lowest BCUT2D eigenvalue weighted by Crippen LogP contribution is -2.42. The first-order valence-corrected chi connectivity index (χ1v) is 7.64. The van der Waals surface area contributed by atoms with E-state index in [0.29, 0.717) is 5.54 Å². The first-order valence-electron chi connectivity index (χ1n) is 7.64. The molecule has 2 saturated heterocycles. The molecular formula is C16H24F2N2O2. The summed E-state index contributed by atoms with van der Waals surface area (Å²) in [6.45, 7) is 3.57. The van der Waals surface area contributed by atoms with Gasteiger partial charge in [0.2, 0.25) is 5.88 Å². The molecule has 0 radical (unpaired) electrons. The van der Waals surface area contributed by atoms with Crippen LogP contribution in [0.3, 0.4) is 0 Å². The molecule has 0 aliphatic carbocycles. The van der Waals surface area contributed by atoms with Gasteiger partial charge in [-0.05, 0) is 50.9 Å². The largest absolute Gasteiger partial charge is 0.481 e. The molecule has 124 valence electrons. The number of methoxy groups -OCH3 is 2. The number of fused-ring (bicyclic) bond motifs is 1. The van der Waals surface area contributed by atoms with Gasteiger partial charge in [-0.1, -0.05) is 0 Å². The van der Waals surface area contributed by atoms with Crippen molar-refractivity contribution in [3.63, 3.8) is 0 Å². The fraction of sp³-hybridized carbons (Fsp3) is 0.688. The lowest BCUT2D eigenvalue weighted by molar-refractivity contribution is 0.0655. The van der Waals surface area contributed by atoms with Crippen molar-refractivity contribution in [3.8, 4) is 5.88 Å². The van der Waals surface area contributed by atoms with E-state index in [9.17, 15) is 8.78 Å². The van der Waals surface area contributed by atoms with Gasteiger partial charge in [-0.3, -0.25) is 4.90 Å². The van der Waals surface area contributed by atoms with Crippen LogP contribution in [0.2, 0.25) is 0 Å². The first-order chi connectivity index (χ1) is 10.6. The molecule has 0 unspecified atom stereocenters. The number of alkyl halides is 2. The number of aromatic nitrogens is 1. The van der Waals surface area contributed by atoms with Crippen LogP contribution in [0.15, 0.2) is 18.3 Å². The molecule has 0 bridgehead atoms. The van der Waals surface area contributed by atoms with Crippen molar-refractivity contribution in [1.82, 2.24) is 9.88 Å². The molecule has 0 amide bonds. The molecular weight excluding hydrogens is 290 g/mol. The number of hydrogen-bond donors (Lipinski definition) is 0. The Bertz CT molecular complexity index is 461. The number of rotatable bonds is 4. The lowest BCUT2D eigenvalue weighted by Gasteiger charge is -2.30. The Morgan fingerprint density at radius 1 is 1.27 bits per heavy atom. The number of hydrogen-bond acceptors (Lipinski definition) is 4. The molecule has 3 heterocycles. The second kappa shape index (κ2) is 7.83. The van der Waals surface area contributed by atoms with Gasteiger partial charge in [-0.15, -0.1) is 0 Å². The molecule has 2 aliphatic rings. The zero-order chi connectivity index (χ0) is 16.0. The van der Waals surface area contributed by atoms with Gasteiger partial charge >= 0.3 is 0 Å². The summed E-state index contributed by atoms with van der Waals surface area (Å²) < 4.78 is 34.1. The Kier molecular flexibility index (Phi) is 6.08. The summed E-state index contributed by atoms with van der Waals surface area (Å²) in [7, 11) is 3.14. The van der Waals surface area contributed by atoms with Crippen LogP contribution in [0.5, 0.6) is 5.88 Å². The molecule has 2 aliphatic heterocycles. The average Bonchev–Trinajstić information content (AvgIpc) is 3.07. The van der Waals surface area contributed by atoms with E-state index in [0.717, 1.165) is 6.61 Å². The molecule has 3 rings (SSSR count).